The lowest BCUT2D eigenvalue weighted by atomic mass is 10.0. The quantitative estimate of drug-likeness (QED) is 0.861. The minimum atomic E-state index is 0.684. The first-order chi connectivity index (χ1) is 8.33. The van der Waals surface area contributed by atoms with Gasteiger partial charge in [-0.25, -0.2) is 0 Å². The molecule has 2 aliphatic rings. The Hall–Kier alpha value is -0.570. The third-order valence-corrected chi connectivity index (χ3v) is 4.56. The van der Waals surface area contributed by atoms with Gasteiger partial charge in [-0.1, -0.05) is 29.8 Å². The van der Waals surface area contributed by atoms with E-state index in [4.69, 9.17) is 11.6 Å². The molecule has 1 aromatic rings. The van der Waals surface area contributed by atoms with Crippen LogP contribution in [-0.2, 0) is 6.54 Å². The van der Waals surface area contributed by atoms with Gasteiger partial charge in [0, 0.05) is 17.6 Å². The highest BCUT2D eigenvalue weighted by molar-refractivity contribution is 6.31. The highest BCUT2D eigenvalue weighted by Gasteiger charge is 2.36. The van der Waals surface area contributed by atoms with Crippen LogP contribution in [0.1, 0.15) is 18.4 Å². The molecule has 3 atom stereocenters. The molecular weight excluding hydrogens is 232 g/mol. The summed E-state index contributed by atoms with van der Waals surface area (Å²) in [6.07, 6.45) is 2.64. The minimum Gasteiger partial charge on any atom is -0.316 e. The average molecular weight is 251 g/mol. The van der Waals surface area contributed by atoms with Crippen LogP contribution in [0, 0.1) is 11.8 Å². The molecule has 0 bridgehead atoms. The zero-order valence-corrected chi connectivity index (χ0v) is 10.7. The first-order valence-corrected chi connectivity index (χ1v) is 6.88. The maximum absolute atomic E-state index is 6.16. The molecule has 1 saturated heterocycles. The van der Waals surface area contributed by atoms with Crippen LogP contribution in [0.3, 0.4) is 0 Å². The van der Waals surface area contributed by atoms with E-state index in [1.54, 1.807) is 0 Å². The number of halogens is 1. The van der Waals surface area contributed by atoms with Crippen LogP contribution in [0.2, 0.25) is 5.02 Å². The molecule has 0 unspecified atom stereocenters. The fourth-order valence-corrected chi connectivity index (χ4v) is 3.43. The molecule has 1 saturated carbocycles. The molecule has 2 N–H and O–H groups in total. The molecule has 0 amide bonds. The van der Waals surface area contributed by atoms with E-state index in [0.29, 0.717) is 6.04 Å². The van der Waals surface area contributed by atoms with Gasteiger partial charge in [0.05, 0.1) is 0 Å². The summed E-state index contributed by atoms with van der Waals surface area (Å²) in [6.45, 7) is 3.33. The Morgan fingerprint density at radius 2 is 1.88 bits per heavy atom. The molecule has 3 heteroatoms. The molecule has 1 heterocycles. The van der Waals surface area contributed by atoms with E-state index in [0.717, 1.165) is 23.4 Å². The Bertz CT molecular complexity index is 382. The van der Waals surface area contributed by atoms with Crippen molar-refractivity contribution >= 4 is 11.6 Å². The lowest BCUT2D eigenvalue weighted by molar-refractivity contribution is 0.485. The number of fused-ring (bicyclic) bond motifs is 1. The second kappa shape index (κ2) is 4.97. The third-order valence-electron chi connectivity index (χ3n) is 4.19. The van der Waals surface area contributed by atoms with Crippen LogP contribution in [0.25, 0.3) is 0 Å². The molecule has 92 valence electrons. The lowest BCUT2D eigenvalue weighted by Crippen LogP contribution is -2.28. The molecule has 17 heavy (non-hydrogen) atoms. The maximum Gasteiger partial charge on any atom is 0.0450 e. The van der Waals surface area contributed by atoms with Crippen molar-refractivity contribution in [3.63, 3.8) is 0 Å². The van der Waals surface area contributed by atoms with Crippen molar-refractivity contribution in [1.82, 2.24) is 10.6 Å². The summed E-state index contributed by atoms with van der Waals surface area (Å²) in [6, 6.07) is 8.79. The summed E-state index contributed by atoms with van der Waals surface area (Å²) in [5.74, 6) is 1.80. The van der Waals surface area contributed by atoms with Crippen molar-refractivity contribution in [2.45, 2.75) is 25.4 Å². The van der Waals surface area contributed by atoms with Crippen LogP contribution in [0.15, 0.2) is 24.3 Å². The van der Waals surface area contributed by atoms with Gasteiger partial charge in [-0.05, 0) is 49.4 Å². The fourth-order valence-electron chi connectivity index (χ4n) is 3.23. The predicted octanol–water partition coefficient (Wildman–Crippen LogP) is 2.43. The maximum atomic E-state index is 6.16. The summed E-state index contributed by atoms with van der Waals surface area (Å²) < 4.78 is 0. The molecule has 1 aromatic carbocycles. The number of hydrogen-bond acceptors (Lipinski definition) is 2. The van der Waals surface area contributed by atoms with Crippen molar-refractivity contribution < 1.29 is 0 Å². The first kappa shape index (κ1) is 11.5. The second-order valence-corrected chi connectivity index (χ2v) is 5.73. The Kier molecular flexibility index (Phi) is 3.37. The van der Waals surface area contributed by atoms with Crippen LogP contribution in [-0.4, -0.2) is 19.1 Å². The summed E-state index contributed by atoms with van der Waals surface area (Å²) in [5.41, 5.74) is 1.21. The molecule has 2 nitrogen and oxygen atoms in total. The molecule has 0 radical (unpaired) electrons. The summed E-state index contributed by atoms with van der Waals surface area (Å²) in [5, 5.41) is 8.01. The van der Waals surface area contributed by atoms with Crippen molar-refractivity contribution in [1.29, 1.82) is 0 Å². The smallest absolute Gasteiger partial charge is 0.0450 e. The molecular formula is C14H19ClN2. The molecule has 0 spiro atoms. The Labute approximate surface area is 108 Å². The van der Waals surface area contributed by atoms with E-state index in [-0.39, 0.29) is 0 Å². The van der Waals surface area contributed by atoms with Crippen molar-refractivity contribution in [2.75, 3.05) is 13.1 Å². The Morgan fingerprint density at radius 1 is 1.18 bits per heavy atom. The SMILES string of the molecule is Clc1ccccc1CN[C@H]1C[C@H]2CNC[C@H]2C1. The van der Waals surface area contributed by atoms with Gasteiger partial charge < -0.3 is 10.6 Å². The average Bonchev–Trinajstić information content (AvgIpc) is 2.88. The summed E-state index contributed by atoms with van der Waals surface area (Å²) >= 11 is 6.16. The van der Waals surface area contributed by atoms with Crippen molar-refractivity contribution in [2.24, 2.45) is 11.8 Å². The van der Waals surface area contributed by atoms with Crippen molar-refractivity contribution in [3.8, 4) is 0 Å². The van der Waals surface area contributed by atoms with E-state index in [2.05, 4.69) is 22.8 Å². The van der Waals surface area contributed by atoms with Crippen LogP contribution < -0.4 is 10.6 Å². The van der Waals surface area contributed by atoms with Gasteiger partial charge in [0.25, 0.3) is 0 Å². The number of nitrogens with one attached hydrogen (secondary N) is 2. The van der Waals surface area contributed by atoms with E-state index in [1.807, 2.05) is 12.1 Å². The van der Waals surface area contributed by atoms with E-state index in [9.17, 15) is 0 Å². The van der Waals surface area contributed by atoms with E-state index >= 15 is 0 Å². The first-order valence-electron chi connectivity index (χ1n) is 6.50. The third kappa shape index (κ3) is 2.49. The molecule has 0 aromatic heterocycles. The van der Waals surface area contributed by atoms with Gasteiger partial charge in [-0.2, -0.15) is 0 Å². The van der Waals surface area contributed by atoms with E-state index < -0.39 is 0 Å². The normalized spacial score (nSPS) is 31.7. The van der Waals surface area contributed by atoms with Gasteiger partial charge >= 0.3 is 0 Å². The Balaban J connectivity index is 1.54. The van der Waals surface area contributed by atoms with Crippen LogP contribution in [0.4, 0.5) is 0 Å². The van der Waals surface area contributed by atoms with Crippen molar-refractivity contribution in [3.05, 3.63) is 34.9 Å². The standard InChI is InChI=1S/C14H19ClN2/c15-14-4-2-1-3-10(14)9-17-13-5-11-7-16-8-12(11)6-13/h1-4,11-13,16-17H,5-9H2/t11-,12+,13-. The monoisotopic (exact) mass is 250 g/mol. The Morgan fingerprint density at radius 3 is 2.59 bits per heavy atom. The van der Waals surface area contributed by atoms with Gasteiger partial charge in [-0.3, -0.25) is 0 Å². The predicted molar refractivity (Wildman–Crippen MR) is 71.2 cm³/mol. The van der Waals surface area contributed by atoms with Crippen LogP contribution in [0.5, 0.6) is 0 Å². The molecule has 1 aliphatic heterocycles. The topological polar surface area (TPSA) is 24.1 Å². The fraction of sp³-hybridized carbons (Fsp3) is 0.571. The summed E-state index contributed by atoms with van der Waals surface area (Å²) in [4.78, 5) is 0. The zero-order valence-electron chi connectivity index (χ0n) is 9.95. The molecule has 1 aliphatic carbocycles. The van der Waals surface area contributed by atoms with Gasteiger partial charge in [0.1, 0.15) is 0 Å². The highest BCUT2D eigenvalue weighted by atomic mass is 35.5. The van der Waals surface area contributed by atoms with E-state index in [1.165, 1.54) is 31.5 Å². The number of benzene rings is 1. The molecule has 2 fully saturated rings. The van der Waals surface area contributed by atoms with Crippen LogP contribution >= 0.6 is 11.6 Å². The lowest BCUT2D eigenvalue weighted by Gasteiger charge is -2.14. The highest BCUT2D eigenvalue weighted by Crippen LogP contribution is 2.34. The molecule has 3 rings (SSSR count). The largest absolute Gasteiger partial charge is 0.316 e. The summed E-state index contributed by atoms with van der Waals surface area (Å²) in [7, 11) is 0. The second-order valence-electron chi connectivity index (χ2n) is 5.32. The minimum absolute atomic E-state index is 0.684. The zero-order chi connectivity index (χ0) is 11.7. The van der Waals surface area contributed by atoms with Gasteiger partial charge in [-0.15, -0.1) is 0 Å². The number of rotatable bonds is 3. The van der Waals surface area contributed by atoms with Gasteiger partial charge in [0.2, 0.25) is 0 Å². The number of hydrogen-bond donors (Lipinski definition) is 2. The van der Waals surface area contributed by atoms with Gasteiger partial charge in [0.15, 0.2) is 0 Å².